The molecule has 0 radical (unpaired) electrons. The molecule has 3 N–H and O–H groups in total. The van der Waals surface area contributed by atoms with Crippen LogP contribution in [0.25, 0.3) is 0 Å². The highest BCUT2D eigenvalue weighted by atomic mass is 32.2. The van der Waals surface area contributed by atoms with Gasteiger partial charge < -0.3 is 14.6 Å². The summed E-state index contributed by atoms with van der Waals surface area (Å²) in [5.41, 5.74) is 0.159. The van der Waals surface area contributed by atoms with E-state index in [-0.39, 0.29) is 28.2 Å². The molecule has 0 aliphatic rings. The van der Waals surface area contributed by atoms with Crippen molar-refractivity contribution in [3.8, 4) is 11.8 Å². The third kappa shape index (κ3) is 4.58. The summed E-state index contributed by atoms with van der Waals surface area (Å²) in [7, 11) is -1.50. The monoisotopic (exact) mass is 382 g/mol. The van der Waals surface area contributed by atoms with Crippen LogP contribution in [-0.4, -0.2) is 43.7 Å². The molecule has 0 saturated heterocycles. The summed E-state index contributed by atoms with van der Waals surface area (Å²) in [6.45, 7) is 1.42. The second-order valence-electron chi connectivity index (χ2n) is 5.05. The standard InChI is InChI=1S/C15H18N4O6S/c1-9(20)10-6-4-5-7-11(10)26(22,23)19-15(21)18-14-16-12(24-2)8-13(17-14)25-3/h4-9,20H,1-3H3,(H2,16,17,18,19,21). The van der Waals surface area contributed by atoms with Crippen LogP contribution in [0.5, 0.6) is 11.8 Å². The van der Waals surface area contributed by atoms with Crippen LogP contribution in [0.2, 0.25) is 0 Å². The minimum absolute atomic E-state index is 0.120. The number of nitrogens with zero attached hydrogens (tertiary/aromatic N) is 2. The van der Waals surface area contributed by atoms with E-state index >= 15 is 0 Å². The Labute approximate surface area is 150 Å². The van der Waals surface area contributed by atoms with Gasteiger partial charge in [-0.3, -0.25) is 5.32 Å². The lowest BCUT2D eigenvalue weighted by Crippen LogP contribution is -2.35. The summed E-state index contributed by atoms with van der Waals surface area (Å²) in [5.74, 6) is 0.0293. The van der Waals surface area contributed by atoms with Gasteiger partial charge in [0.2, 0.25) is 17.7 Å². The fraction of sp³-hybridized carbons (Fsp3) is 0.267. The molecular weight excluding hydrogens is 364 g/mol. The smallest absolute Gasteiger partial charge is 0.335 e. The first-order chi connectivity index (χ1) is 12.3. The van der Waals surface area contributed by atoms with Gasteiger partial charge in [0.25, 0.3) is 10.0 Å². The number of methoxy groups -OCH3 is 2. The Bertz CT molecular complexity index is 879. The Kier molecular flexibility index (Phi) is 5.95. The fourth-order valence-corrected chi connectivity index (χ4v) is 3.26. The predicted octanol–water partition coefficient (Wildman–Crippen LogP) is 1.06. The van der Waals surface area contributed by atoms with Crippen molar-refractivity contribution in [2.45, 2.75) is 17.9 Å². The number of sulfonamides is 1. The van der Waals surface area contributed by atoms with Gasteiger partial charge in [0, 0.05) is 5.56 Å². The molecule has 10 nitrogen and oxygen atoms in total. The zero-order chi connectivity index (χ0) is 19.3. The lowest BCUT2D eigenvalue weighted by Gasteiger charge is -2.13. The molecule has 0 fully saturated rings. The highest BCUT2D eigenvalue weighted by Gasteiger charge is 2.23. The third-order valence-electron chi connectivity index (χ3n) is 3.21. The van der Waals surface area contributed by atoms with E-state index in [1.165, 1.54) is 45.4 Å². The summed E-state index contributed by atoms with van der Waals surface area (Å²) in [4.78, 5) is 19.6. The number of benzene rings is 1. The van der Waals surface area contributed by atoms with E-state index in [2.05, 4.69) is 15.3 Å². The molecule has 1 heterocycles. The van der Waals surface area contributed by atoms with Gasteiger partial charge in [0.05, 0.1) is 31.3 Å². The van der Waals surface area contributed by atoms with Crippen LogP contribution in [0.15, 0.2) is 35.2 Å². The van der Waals surface area contributed by atoms with E-state index in [1.54, 1.807) is 6.07 Å². The SMILES string of the molecule is COc1cc(OC)nc(NC(=O)NS(=O)(=O)c2ccccc2C(C)O)n1. The number of anilines is 1. The van der Waals surface area contributed by atoms with Crippen molar-refractivity contribution in [3.05, 3.63) is 35.9 Å². The lowest BCUT2D eigenvalue weighted by molar-refractivity contribution is 0.196. The molecule has 140 valence electrons. The minimum atomic E-state index is -4.23. The van der Waals surface area contributed by atoms with Crippen LogP contribution in [0.1, 0.15) is 18.6 Å². The normalized spacial score (nSPS) is 12.2. The molecule has 0 aliphatic carbocycles. The Hall–Kier alpha value is -2.92. The number of rotatable bonds is 6. The zero-order valence-corrected chi connectivity index (χ0v) is 15.1. The van der Waals surface area contributed by atoms with Gasteiger partial charge in [0.1, 0.15) is 0 Å². The summed E-state index contributed by atoms with van der Waals surface area (Å²) in [6, 6.07) is 6.10. The first-order valence-corrected chi connectivity index (χ1v) is 8.83. The number of aromatic nitrogens is 2. The topological polar surface area (TPSA) is 140 Å². The molecule has 0 aliphatic heterocycles. The molecule has 0 bridgehead atoms. The lowest BCUT2D eigenvalue weighted by atomic mass is 10.1. The molecule has 1 aromatic carbocycles. The fourth-order valence-electron chi connectivity index (χ4n) is 2.04. The highest BCUT2D eigenvalue weighted by molar-refractivity contribution is 7.90. The average molecular weight is 382 g/mol. The molecule has 2 aromatic rings. The van der Waals surface area contributed by atoms with Gasteiger partial charge in [-0.25, -0.2) is 17.9 Å². The number of ether oxygens (including phenoxy) is 2. The molecule has 1 unspecified atom stereocenters. The van der Waals surface area contributed by atoms with E-state index in [1.807, 2.05) is 4.72 Å². The van der Waals surface area contributed by atoms with Crippen LogP contribution in [0.4, 0.5) is 10.7 Å². The summed E-state index contributed by atoms with van der Waals surface area (Å²) >= 11 is 0. The van der Waals surface area contributed by atoms with E-state index in [4.69, 9.17) is 9.47 Å². The molecule has 1 aromatic heterocycles. The first-order valence-electron chi connectivity index (χ1n) is 7.34. The Morgan fingerprint density at radius 2 is 1.73 bits per heavy atom. The summed E-state index contributed by atoms with van der Waals surface area (Å²) in [6.07, 6.45) is -1.03. The largest absolute Gasteiger partial charge is 0.481 e. The van der Waals surface area contributed by atoms with Crippen LogP contribution in [0, 0.1) is 0 Å². The number of aliphatic hydroxyl groups is 1. The van der Waals surface area contributed by atoms with Gasteiger partial charge >= 0.3 is 6.03 Å². The number of nitrogens with one attached hydrogen (secondary N) is 2. The molecule has 1 atom stereocenters. The summed E-state index contributed by atoms with van der Waals surface area (Å²) in [5, 5.41) is 11.9. The number of urea groups is 1. The molecular formula is C15H18N4O6S. The maximum absolute atomic E-state index is 12.4. The van der Waals surface area contributed by atoms with Crippen molar-refractivity contribution in [1.82, 2.24) is 14.7 Å². The van der Waals surface area contributed by atoms with Gasteiger partial charge in [-0.05, 0) is 13.0 Å². The Morgan fingerprint density at radius 3 is 2.27 bits per heavy atom. The second-order valence-corrected chi connectivity index (χ2v) is 6.70. The number of carbonyl (C=O) groups excluding carboxylic acids is 1. The average Bonchev–Trinajstić information content (AvgIpc) is 2.60. The Morgan fingerprint density at radius 1 is 1.15 bits per heavy atom. The van der Waals surface area contributed by atoms with Crippen molar-refractivity contribution >= 4 is 22.0 Å². The quantitative estimate of drug-likeness (QED) is 0.674. The number of carbonyl (C=O) groups is 1. The molecule has 0 saturated carbocycles. The van der Waals surface area contributed by atoms with E-state index in [0.717, 1.165) is 0 Å². The first kappa shape index (κ1) is 19.4. The second kappa shape index (κ2) is 7.97. The van der Waals surface area contributed by atoms with Crippen molar-refractivity contribution in [2.24, 2.45) is 0 Å². The van der Waals surface area contributed by atoms with Crippen LogP contribution < -0.4 is 19.5 Å². The van der Waals surface area contributed by atoms with Crippen molar-refractivity contribution in [1.29, 1.82) is 0 Å². The third-order valence-corrected chi connectivity index (χ3v) is 4.61. The minimum Gasteiger partial charge on any atom is -0.481 e. The molecule has 0 spiro atoms. The number of amides is 2. The molecule has 2 rings (SSSR count). The van der Waals surface area contributed by atoms with Crippen LogP contribution >= 0.6 is 0 Å². The van der Waals surface area contributed by atoms with E-state index < -0.39 is 22.2 Å². The van der Waals surface area contributed by atoms with Gasteiger partial charge in [-0.15, -0.1) is 0 Å². The van der Waals surface area contributed by atoms with Gasteiger partial charge in [-0.2, -0.15) is 9.97 Å². The van der Waals surface area contributed by atoms with Crippen LogP contribution in [0.3, 0.4) is 0 Å². The maximum atomic E-state index is 12.4. The molecule has 2 amide bonds. The Balaban J connectivity index is 2.22. The number of hydrogen-bond donors (Lipinski definition) is 3. The molecule has 26 heavy (non-hydrogen) atoms. The molecule has 11 heteroatoms. The maximum Gasteiger partial charge on any atom is 0.335 e. The van der Waals surface area contributed by atoms with Gasteiger partial charge in [-0.1, -0.05) is 18.2 Å². The van der Waals surface area contributed by atoms with E-state index in [9.17, 15) is 18.3 Å². The van der Waals surface area contributed by atoms with Crippen molar-refractivity contribution < 1.29 is 27.8 Å². The van der Waals surface area contributed by atoms with Crippen LogP contribution in [-0.2, 0) is 10.0 Å². The van der Waals surface area contributed by atoms with Crippen molar-refractivity contribution in [3.63, 3.8) is 0 Å². The summed E-state index contributed by atoms with van der Waals surface area (Å²) < 4.78 is 36.6. The number of aliphatic hydroxyl groups excluding tert-OH is 1. The van der Waals surface area contributed by atoms with Crippen molar-refractivity contribution in [2.75, 3.05) is 19.5 Å². The highest BCUT2D eigenvalue weighted by Crippen LogP contribution is 2.22. The predicted molar refractivity (Wildman–Crippen MR) is 91.6 cm³/mol. The zero-order valence-electron chi connectivity index (χ0n) is 14.3. The number of hydrogen-bond acceptors (Lipinski definition) is 8. The van der Waals surface area contributed by atoms with Gasteiger partial charge in [0.15, 0.2) is 0 Å². The van der Waals surface area contributed by atoms with E-state index in [0.29, 0.717) is 0 Å².